The Morgan fingerprint density at radius 2 is 1.80 bits per heavy atom. The van der Waals surface area contributed by atoms with Crippen molar-refractivity contribution in [3.8, 4) is 17.1 Å². The van der Waals surface area contributed by atoms with Crippen molar-refractivity contribution >= 4 is 35.3 Å². The fraction of sp³-hybridized carbons (Fsp3) is 0. The first-order chi connectivity index (χ1) is 12.0. The second-order valence-corrected chi connectivity index (χ2v) is 5.89. The van der Waals surface area contributed by atoms with E-state index in [-0.39, 0.29) is 5.75 Å². The van der Waals surface area contributed by atoms with E-state index >= 15 is 0 Å². The topological polar surface area (TPSA) is 74.8 Å². The molecule has 0 saturated carbocycles. The van der Waals surface area contributed by atoms with E-state index in [1.807, 2.05) is 0 Å². The van der Waals surface area contributed by atoms with E-state index in [1.54, 1.807) is 30.3 Å². The first-order valence-corrected chi connectivity index (χ1v) is 7.96. The van der Waals surface area contributed by atoms with Gasteiger partial charge in [0.1, 0.15) is 17.3 Å². The molecule has 2 aromatic carbocycles. The fourth-order valence-corrected chi connectivity index (χ4v) is 2.36. The van der Waals surface area contributed by atoms with E-state index in [0.29, 0.717) is 27.1 Å². The Labute approximate surface area is 153 Å². The predicted octanol–water partition coefficient (Wildman–Crippen LogP) is 4.72. The van der Waals surface area contributed by atoms with Gasteiger partial charge in [0.2, 0.25) is 0 Å². The van der Waals surface area contributed by atoms with Gasteiger partial charge < -0.3 is 9.52 Å². The Hall–Kier alpha value is -2.76. The number of benzene rings is 2. The summed E-state index contributed by atoms with van der Waals surface area (Å²) in [5, 5.41) is 14.0. The maximum Gasteiger partial charge on any atom is 0.271 e. The monoisotopic (exact) mass is 374 g/mol. The minimum atomic E-state index is -0.396. The third-order valence-corrected chi connectivity index (χ3v) is 4.06. The lowest BCUT2D eigenvalue weighted by Crippen LogP contribution is -2.17. The molecule has 0 spiro atoms. The first kappa shape index (κ1) is 17.1. The number of phenolic OH excluding ortho intramolecular Hbond substituents is 1. The van der Waals surface area contributed by atoms with Gasteiger partial charge in [0.05, 0.1) is 16.3 Å². The van der Waals surface area contributed by atoms with Gasteiger partial charge in [-0.15, -0.1) is 0 Å². The number of aromatic hydroxyl groups is 1. The zero-order chi connectivity index (χ0) is 17.8. The highest BCUT2D eigenvalue weighted by Gasteiger charge is 2.07. The van der Waals surface area contributed by atoms with Gasteiger partial charge in [-0.1, -0.05) is 23.2 Å². The van der Waals surface area contributed by atoms with Crippen LogP contribution in [-0.4, -0.2) is 17.2 Å². The van der Waals surface area contributed by atoms with Crippen LogP contribution in [-0.2, 0) is 0 Å². The summed E-state index contributed by atoms with van der Waals surface area (Å²) in [5.41, 5.74) is 3.54. The van der Waals surface area contributed by atoms with Gasteiger partial charge in [-0.3, -0.25) is 4.79 Å². The van der Waals surface area contributed by atoms with Crippen LogP contribution in [0, 0.1) is 0 Å². The number of carbonyl (C=O) groups excluding carboxylic acids is 1. The number of nitrogens with one attached hydrogen (secondary N) is 1. The van der Waals surface area contributed by atoms with Crippen LogP contribution >= 0.6 is 23.2 Å². The molecule has 0 saturated heterocycles. The lowest BCUT2D eigenvalue weighted by molar-refractivity contribution is 0.0955. The molecule has 0 aliphatic heterocycles. The molecule has 2 N–H and O–H groups in total. The Morgan fingerprint density at radius 1 is 1.04 bits per heavy atom. The molecule has 0 radical (unpaired) electrons. The number of amides is 1. The summed E-state index contributed by atoms with van der Waals surface area (Å²) in [7, 11) is 0. The minimum Gasteiger partial charge on any atom is -0.508 e. The van der Waals surface area contributed by atoms with E-state index in [4.69, 9.17) is 27.6 Å². The average Bonchev–Trinajstić information content (AvgIpc) is 3.07. The molecule has 0 fully saturated rings. The molecule has 0 aliphatic rings. The molecule has 0 bridgehead atoms. The van der Waals surface area contributed by atoms with Crippen LogP contribution < -0.4 is 5.43 Å². The third-order valence-electron chi connectivity index (χ3n) is 3.32. The van der Waals surface area contributed by atoms with Crippen molar-refractivity contribution in [2.75, 3.05) is 0 Å². The Bertz CT molecular complexity index is 934. The molecule has 7 heteroatoms. The van der Waals surface area contributed by atoms with Crippen LogP contribution in [0.15, 0.2) is 64.1 Å². The number of halogens is 2. The maximum atomic E-state index is 11.9. The summed E-state index contributed by atoms with van der Waals surface area (Å²) in [6.45, 7) is 0. The van der Waals surface area contributed by atoms with Gasteiger partial charge in [-0.05, 0) is 54.6 Å². The van der Waals surface area contributed by atoms with Crippen molar-refractivity contribution in [1.29, 1.82) is 0 Å². The molecule has 1 aromatic heterocycles. The Kier molecular flexibility index (Phi) is 5.07. The molecule has 126 valence electrons. The number of nitrogens with zero attached hydrogens (tertiary/aromatic N) is 1. The summed E-state index contributed by atoms with van der Waals surface area (Å²) in [6.07, 6.45) is 1.39. The summed E-state index contributed by atoms with van der Waals surface area (Å²) in [6, 6.07) is 14.5. The molecule has 5 nitrogen and oxygen atoms in total. The second kappa shape index (κ2) is 7.42. The van der Waals surface area contributed by atoms with Gasteiger partial charge in [0.15, 0.2) is 0 Å². The van der Waals surface area contributed by atoms with E-state index in [9.17, 15) is 9.90 Å². The highest BCUT2D eigenvalue weighted by atomic mass is 35.5. The Balaban J connectivity index is 1.66. The van der Waals surface area contributed by atoms with Gasteiger partial charge in [-0.25, -0.2) is 5.43 Å². The maximum absolute atomic E-state index is 11.9. The van der Waals surface area contributed by atoms with E-state index < -0.39 is 5.91 Å². The zero-order valence-electron chi connectivity index (χ0n) is 12.7. The van der Waals surface area contributed by atoms with Gasteiger partial charge in [-0.2, -0.15) is 5.10 Å². The predicted molar refractivity (Wildman–Crippen MR) is 97.3 cm³/mol. The van der Waals surface area contributed by atoms with Crippen LogP contribution in [0.5, 0.6) is 5.75 Å². The van der Waals surface area contributed by atoms with Gasteiger partial charge in [0, 0.05) is 11.1 Å². The van der Waals surface area contributed by atoms with Gasteiger partial charge in [0.25, 0.3) is 5.91 Å². The highest BCUT2D eigenvalue weighted by Crippen LogP contribution is 2.29. The molecule has 1 heterocycles. The molecule has 3 aromatic rings. The quantitative estimate of drug-likeness (QED) is 0.512. The van der Waals surface area contributed by atoms with Crippen molar-refractivity contribution < 1.29 is 14.3 Å². The largest absolute Gasteiger partial charge is 0.508 e. The second-order valence-electron chi connectivity index (χ2n) is 5.08. The number of carbonyl (C=O) groups is 1. The summed E-state index contributed by atoms with van der Waals surface area (Å²) in [5.74, 6) is 0.759. The molecule has 25 heavy (non-hydrogen) atoms. The zero-order valence-corrected chi connectivity index (χ0v) is 14.3. The smallest absolute Gasteiger partial charge is 0.271 e. The number of hydrogen-bond donors (Lipinski definition) is 2. The van der Waals surface area contributed by atoms with Crippen molar-refractivity contribution in [3.63, 3.8) is 0 Å². The van der Waals surface area contributed by atoms with Crippen LogP contribution in [0.1, 0.15) is 16.1 Å². The van der Waals surface area contributed by atoms with Gasteiger partial charge >= 0.3 is 0 Å². The lowest BCUT2D eigenvalue weighted by atomic mass is 10.2. The van der Waals surface area contributed by atoms with Crippen LogP contribution in [0.25, 0.3) is 11.3 Å². The van der Waals surface area contributed by atoms with Crippen LogP contribution in [0.2, 0.25) is 10.0 Å². The van der Waals surface area contributed by atoms with Crippen molar-refractivity contribution in [3.05, 3.63) is 76.0 Å². The molecule has 0 unspecified atom stereocenters. The minimum absolute atomic E-state index is 0.0884. The van der Waals surface area contributed by atoms with Crippen LogP contribution in [0.3, 0.4) is 0 Å². The molecule has 0 aliphatic carbocycles. The normalized spacial score (nSPS) is 11.0. The highest BCUT2D eigenvalue weighted by molar-refractivity contribution is 6.42. The van der Waals surface area contributed by atoms with Crippen molar-refractivity contribution in [2.24, 2.45) is 5.10 Å². The van der Waals surface area contributed by atoms with Crippen molar-refractivity contribution in [2.45, 2.75) is 0 Å². The van der Waals surface area contributed by atoms with Crippen molar-refractivity contribution in [1.82, 2.24) is 5.43 Å². The lowest BCUT2D eigenvalue weighted by Gasteiger charge is -2.00. The number of phenols is 1. The third kappa shape index (κ3) is 4.21. The standard InChI is InChI=1S/C18H12Cl2N2O3/c19-15-7-3-12(9-16(15)20)17-8-6-14(25-17)10-21-22-18(24)11-1-4-13(23)5-2-11/h1-10,23H,(H,22,24)/b21-10+. The summed E-state index contributed by atoms with van der Waals surface area (Å²) >= 11 is 11.9. The van der Waals surface area contributed by atoms with E-state index in [2.05, 4.69) is 10.5 Å². The molecular weight excluding hydrogens is 363 g/mol. The Morgan fingerprint density at radius 3 is 2.52 bits per heavy atom. The van der Waals surface area contributed by atoms with E-state index in [1.165, 1.54) is 30.5 Å². The molecule has 3 rings (SSSR count). The number of hydrogen-bond acceptors (Lipinski definition) is 4. The fourth-order valence-electron chi connectivity index (χ4n) is 2.06. The average molecular weight is 375 g/mol. The number of rotatable bonds is 4. The summed E-state index contributed by atoms with van der Waals surface area (Å²) < 4.78 is 5.63. The molecule has 1 amide bonds. The molecular formula is C18H12Cl2N2O3. The van der Waals surface area contributed by atoms with Crippen LogP contribution in [0.4, 0.5) is 0 Å². The van der Waals surface area contributed by atoms with E-state index in [0.717, 1.165) is 5.56 Å². The number of hydrazone groups is 1. The molecule has 0 atom stereocenters. The summed E-state index contributed by atoms with van der Waals surface area (Å²) in [4.78, 5) is 11.9. The number of furan rings is 1. The SMILES string of the molecule is O=C(N/N=C/c1ccc(-c2ccc(Cl)c(Cl)c2)o1)c1ccc(O)cc1. The first-order valence-electron chi connectivity index (χ1n) is 7.20.